The van der Waals surface area contributed by atoms with E-state index in [1.807, 2.05) is 6.07 Å². The van der Waals surface area contributed by atoms with Crippen LogP contribution in [0.25, 0.3) is 5.70 Å². The summed E-state index contributed by atoms with van der Waals surface area (Å²) in [6.07, 6.45) is 2.39. The maximum Gasteiger partial charge on any atom is 0.260 e. The lowest BCUT2D eigenvalue weighted by Crippen LogP contribution is -2.51. The second-order valence-corrected chi connectivity index (χ2v) is 6.80. The van der Waals surface area contributed by atoms with Gasteiger partial charge in [-0.3, -0.25) is 9.59 Å². The van der Waals surface area contributed by atoms with E-state index in [0.29, 0.717) is 27.4 Å². The van der Waals surface area contributed by atoms with Crippen molar-refractivity contribution in [3.8, 4) is 0 Å². The van der Waals surface area contributed by atoms with Crippen LogP contribution >= 0.6 is 11.6 Å². The predicted molar refractivity (Wildman–Crippen MR) is 98.7 cm³/mol. The van der Waals surface area contributed by atoms with Gasteiger partial charge in [0.1, 0.15) is 11.7 Å². The van der Waals surface area contributed by atoms with Crippen LogP contribution in [0.1, 0.15) is 23.1 Å². The molecule has 0 aliphatic carbocycles. The second kappa shape index (κ2) is 6.20. The number of hydrogen-bond acceptors (Lipinski definition) is 4. The fraction of sp³-hybridized carbons (Fsp3) is 0.150. The number of halogens is 1. The molecule has 0 unspecified atom stereocenters. The van der Waals surface area contributed by atoms with E-state index in [0.717, 1.165) is 11.8 Å². The van der Waals surface area contributed by atoms with Crippen LogP contribution in [0.2, 0.25) is 5.02 Å². The summed E-state index contributed by atoms with van der Waals surface area (Å²) in [6, 6.07) is 14.2. The van der Waals surface area contributed by atoms with Crippen molar-refractivity contribution >= 4 is 35.7 Å². The Morgan fingerprint density at radius 2 is 2.00 bits per heavy atom. The van der Waals surface area contributed by atoms with Gasteiger partial charge in [-0.1, -0.05) is 48.0 Å². The van der Waals surface area contributed by atoms with Gasteiger partial charge in [-0.25, -0.2) is 0 Å². The van der Waals surface area contributed by atoms with Gasteiger partial charge < -0.3 is 5.11 Å². The van der Waals surface area contributed by atoms with Crippen LogP contribution in [0, 0.1) is 0 Å². The summed E-state index contributed by atoms with van der Waals surface area (Å²) in [5.41, 5.74) is 1.71. The third-order valence-corrected chi connectivity index (χ3v) is 5.17. The van der Waals surface area contributed by atoms with Crippen molar-refractivity contribution < 1.29 is 14.7 Å². The van der Waals surface area contributed by atoms with E-state index in [4.69, 9.17) is 11.6 Å². The summed E-state index contributed by atoms with van der Waals surface area (Å²) in [4.78, 5) is 25.2. The molecular formula is C20H15ClN2O3. The number of hydrogen-bond donors (Lipinski definition) is 1. The number of aliphatic hydroxyl groups is 1. The van der Waals surface area contributed by atoms with Crippen LogP contribution in [0.4, 0.5) is 0 Å². The zero-order valence-corrected chi connectivity index (χ0v) is 14.5. The lowest BCUT2D eigenvalue weighted by Gasteiger charge is -2.41. The average Bonchev–Trinajstić information content (AvgIpc) is 2.69. The number of amides is 1. The van der Waals surface area contributed by atoms with Gasteiger partial charge in [0.2, 0.25) is 0 Å². The number of benzene rings is 2. The van der Waals surface area contributed by atoms with Crippen molar-refractivity contribution in [3.05, 3.63) is 75.8 Å². The molecule has 2 aliphatic heterocycles. The van der Waals surface area contributed by atoms with Crippen LogP contribution in [-0.4, -0.2) is 35.1 Å². The van der Waals surface area contributed by atoms with E-state index in [1.54, 1.807) is 48.7 Å². The molecule has 4 rings (SSSR count). The molecule has 0 saturated carbocycles. The molecule has 2 aromatic carbocycles. The molecule has 0 fully saturated rings. The Balaban J connectivity index is 1.95. The molecule has 2 heterocycles. The van der Waals surface area contributed by atoms with Crippen molar-refractivity contribution in [1.82, 2.24) is 5.01 Å². The summed E-state index contributed by atoms with van der Waals surface area (Å²) >= 11 is 6.12. The summed E-state index contributed by atoms with van der Waals surface area (Å²) in [7, 11) is 0. The average molecular weight is 367 g/mol. The molecule has 0 saturated heterocycles. The third kappa shape index (κ3) is 2.32. The quantitative estimate of drug-likeness (QED) is 0.849. The SMILES string of the molecule is O=CC1=C2c3cc(Cl)ccc3C=NN2C(=O)[C@@](CO)(c2ccccc2)C1. The summed E-state index contributed by atoms with van der Waals surface area (Å²) in [5, 5.41) is 16.1. The number of aliphatic hydroxyl groups excluding tert-OH is 1. The Kier molecular flexibility index (Phi) is 3.98. The maximum absolute atomic E-state index is 13.3. The summed E-state index contributed by atoms with van der Waals surface area (Å²) in [6.45, 7) is -0.422. The molecule has 0 radical (unpaired) electrons. The molecule has 2 aliphatic rings. The first kappa shape index (κ1) is 16.7. The van der Waals surface area contributed by atoms with Gasteiger partial charge in [-0.05, 0) is 24.1 Å². The highest BCUT2D eigenvalue weighted by atomic mass is 35.5. The zero-order valence-electron chi connectivity index (χ0n) is 13.7. The van der Waals surface area contributed by atoms with Gasteiger partial charge >= 0.3 is 0 Å². The highest BCUT2D eigenvalue weighted by Gasteiger charge is 2.49. The number of rotatable bonds is 3. The van der Waals surface area contributed by atoms with Crippen LogP contribution in [0.3, 0.4) is 0 Å². The molecule has 26 heavy (non-hydrogen) atoms. The topological polar surface area (TPSA) is 70.0 Å². The predicted octanol–water partition coefficient (Wildman–Crippen LogP) is 2.76. The lowest BCUT2D eigenvalue weighted by atomic mass is 9.72. The van der Waals surface area contributed by atoms with Crippen molar-refractivity contribution in [1.29, 1.82) is 0 Å². The van der Waals surface area contributed by atoms with Crippen molar-refractivity contribution in [2.24, 2.45) is 5.10 Å². The monoisotopic (exact) mass is 366 g/mol. The smallest absolute Gasteiger partial charge is 0.260 e. The van der Waals surface area contributed by atoms with Gasteiger partial charge in [0.15, 0.2) is 0 Å². The van der Waals surface area contributed by atoms with Gasteiger partial charge in [0.25, 0.3) is 5.91 Å². The molecule has 0 bridgehead atoms. The number of fused-ring (bicyclic) bond motifs is 3. The first-order chi connectivity index (χ1) is 12.6. The Labute approximate surface area is 155 Å². The van der Waals surface area contributed by atoms with Crippen LogP contribution < -0.4 is 0 Å². The minimum Gasteiger partial charge on any atom is -0.395 e. The number of aldehydes is 1. The molecule has 6 heteroatoms. The minimum absolute atomic E-state index is 0.100. The largest absolute Gasteiger partial charge is 0.395 e. The van der Waals surface area contributed by atoms with Gasteiger partial charge in [-0.15, -0.1) is 0 Å². The molecule has 130 valence electrons. The molecule has 0 spiro atoms. The highest BCUT2D eigenvalue weighted by molar-refractivity contribution is 6.31. The fourth-order valence-corrected chi connectivity index (χ4v) is 3.76. The zero-order chi connectivity index (χ0) is 18.3. The first-order valence-electron chi connectivity index (χ1n) is 8.14. The Morgan fingerprint density at radius 1 is 1.23 bits per heavy atom. The standard InChI is InChI=1S/C20H15ClN2O3/c21-16-7-6-13-10-22-23-18(17(13)8-16)14(11-24)9-20(12-25,19(23)26)15-4-2-1-3-5-15/h1-8,10-11,25H,9,12H2/t20-/m0/s1. The summed E-state index contributed by atoms with van der Waals surface area (Å²) in [5.74, 6) is -0.367. The van der Waals surface area contributed by atoms with Crippen LogP contribution in [-0.2, 0) is 15.0 Å². The van der Waals surface area contributed by atoms with E-state index in [9.17, 15) is 14.7 Å². The lowest BCUT2D eigenvalue weighted by molar-refractivity contribution is -0.136. The highest BCUT2D eigenvalue weighted by Crippen LogP contribution is 2.44. The number of carbonyl (C=O) groups excluding carboxylic acids is 2. The van der Waals surface area contributed by atoms with Gasteiger partial charge in [0.05, 0.1) is 18.5 Å². The molecule has 1 amide bonds. The minimum atomic E-state index is -1.24. The second-order valence-electron chi connectivity index (χ2n) is 6.37. The summed E-state index contributed by atoms with van der Waals surface area (Å²) < 4.78 is 0. The number of allylic oxidation sites excluding steroid dienone is 1. The van der Waals surface area contributed by atoms with E-state index in [2.05, 4.69) is 5.10 Å². The normalized spacial score (nSPS) is 21.5. The van der Waals surface area contributed by atoms with Crippen LogP contribution in [0.5, 0.6) is 0 Å². The Bertz CT molecular complexity index is 968. The maximum atomic E-state index is 13.3. The van der Waals surface area contributed by atoms with E-state index >= 15 is 0 Å². The van der Waals surface area contributed by atoms with Gasteiger partial charge in [-0.2, -0.15) is 10.1 Å². The first-order valence-corrected chi connectivity index (χ1v) is 8.52. The number of nitrogens with zero attached hydrogens (tertiary/aromatic N) is 2. The van der Waals surface area contributed by atoms with Crippen molar-refractivity contribution in [2.45, 2.75) is 11.8 Å². The molecule has 2 aromatic rings. The Hall–Kier alpha value is -2.76. The number of hydrazone groups is 1. The van der Waals surface area contributed by atoms with E-state index in [-0.39, 0.29) is 12.3 Å². The molecule has 1 N–H and O–H groups in total. The molecule has 5 nitrogen and oxygen atoms in total. The van der Waals surface area contributed by atoms with E-state index in [1.165, 1.54) is 5.01 Å². The van der Waals surface area contributed by atoms with Crippen molar-refractivity contribution in [3.63, 3.8) is 0 Å². The molecule has 1 atom stereocenters. The molecule has 0 aromatic heterocycles. The molecular weight excluding hydrogens is 352 g/mol. The van der Waals surface area contributed by atoms with Crippen molar-refractivity contribution in [2.75, 3.05) is 6.61 Å². The Morgan fingerprint density at radius 3 is 2.69 bits per heavy atom. The third-order valence-electron chi connectivity index (χ3n) is 4.93. The van der Waals surface area contributed by atoms with Crippen LogP contribution in [0.15, 0.2) is 59.2 Å². The van der Waals surface area contributed by atoms with E-state index < -0.39 is 12.0 Å². The van der Waals surface area contributed by atoms with Gasteiger partial charge in [0, 0.05) is 21.7 Å². The number of carbonyl (C=O) groups is 2. The fourth-order valence-electron chi connectivity index (χ4n) is 3.58.